The molecule has 2 heterocycles. The van der Waals surface area contributed by atoms with E-state index < -0.39 is 5.97 Å². The molecule has 0 saturated carbocycles. The van der Waals surface area contributed by atoms with Gasteiger partial charge in [-0.1, -0.05) is 24.3 Å². The number of aromatic nitrogens is 2. The smallest absolute Gasteiger partial charge is 0.339 e. The highest BCUT2D eigenvalue weighted by atomic mass is 32.1. The molecule has 2 aromatic carbocycles. The van der Waals surface area contributed by atoms with E-state index in [2.05, 4.69) is 15.3 Å². The number of methoxy groups -OCH3 is 1. The highest BCUT2D eigenvalue weighted by molar-refractivity contribution is 7.20. The average Bonchev–Trinajstić information content (AvgIpc) is 3.03. The molecular weight excluding hydrogens is 386 g/mol. The van der Waals surface area contributed by atoms with Gasteiger partial charge in [-0.25, -0.2) is 14.8 Å². The van der Waals surface area contributed by atoms with Crippen LogP contribution in [0.25, 0.3) is 21.0 Å². The number of esters is 1. The molecule has 0 atom stereocenters. The summed E-state index contributed by atoms with van der Waals surface area (Å²) >= 11 is 1.32. The van der Waals surface area contributed by atoms with E-state index in [1.165, 1.54) is 18.4 Å². The first-order valence-corrected chi connectivity index (χ1v) is 9.87. The van der Waals surface area contributed by atoms with E-state index in [-0.39, 0.29) is 5.91 Å². The lowest BCUT2D eigenvalue weighted by atomic mass is 10.0. The second-order valence-corrected chi connectivity index (χ2v) is 7.78. The predicted molar refractivity (Wildman–Crippen MR) is 115 cm³/mol. The van der Waals surface area contributed by atoms with Crippen LogP contribution in [0.3, 0.4) is 0 Å². The quantitative estimate of drug-likeness (QED) is 0.495. The molecule has 7 heteroatoms. The number of thiophene rings is 1. The number of ether oxygens (including phenoxy) is 1. The minimum Gasteiger partial charge on any atom is -0.465 e. The second kappa shape index (κ2) is 7.25. The fraction of sp³-hybridized carbons (Fsp3) is 0.182. The molecule has 0 aliphatic carbocycles. The number of anilines is 1. The summed E-state index contributed by atoms with van der Waals surface area (Å²) in [5.74, 6) is -0.120. The monoisotopic (exact) mass is 405 g/mol. The third-order valence-electron chi connectivity index (χ3n) is 4.83. The maximum absolute atomic E-state index is 13.1. The number of carbonyl (C=O) groups excluding carboxylic acids is 2. The Balaban J connectivity index is 1.80. The number of nitrogens with zero attached hydrogens (tertiary/aromatic N) is 2. The number of carbonyl (C=O) groups is 2. The Kier molecular flexibility index (Phi) is 4.76. The van der Waals surface area contributed by atoms with Gasteiger partial charge >= 0.3 is 5.97 Å². The van der Waals surface area contributed by atoms with E-state index in [1.54, 1.807) is 12.1 Å². The lowest BCUT2D eigenvalue weighted by molar-refractivity contribution is 0.0602. The van der Waals surface area contributed by atoms with E-state index >= 15 is 0 Å². The van der Waals surface area contributed by atoms with E-state index in [0.717, 1.165) is 32.2 Å². The van der Waals surface area contributed by atoms with Crippen LogP contribution in [0.4, 0.5) is 5.69 Å². The SMILES string of the molecule is COC(=O)c1cc2ccccc2cc1NC(=O)c1sc2nc(C)nc(C)c2c1C. The van der Waals surface area contributed by atoms with Gasteiger partial charge in [0, 0.05) is 11.1 Å². The molecule has 0 aliphatic rings. The lowest BCUT2D eigenvalue weighted by Crippen LogP contribution is -2.15. The number of hydrogen-bond donors (Lipinski definition) is 1. The van der Waals surface area contributed by atoms with Gasteiger partial charge in [-0.15, -0.1) is 11.3 Å². The summed E-state index contributed by atoms with van der Waals surface area (Å²) in [5, 5.41) is 5.60. The van der Waals surface area contributed by atoms with Crippen LogP contribution in [0.1, 0.15) is 37.1 Å². The molecule has 4 rings (SSSR count). The zero-order valence-electron chi connectivity index (χ0n) is 16.5. The Morgan fingerprint density at radius 2 is 1.72 bits per heavy atom. The van der Waals surface area contributed by atoms with Gasteiger partial charge in [-0.3, -0.25) is 4.79 Å². The third-order valence-corrected chi connectivity index (χ3v) is 6.01. The van der Waals surface area contributed by atoms with E-state index in [1.807, 2.05) is 45.0 Å². The molecule has 0 fully saturated rings. The van der Waals surface area contributed by atoms with Gasteiger partial charge in [0.15, 0.2) is 0 Å². The second-order valence-electron chi connectivity index (χ2n) is 6.78. The van der Waals surface area contributed by atoms with Crippen molar-refractivity contribution in [1.29, 1.82) is 0 Å². The number of aryl methyl sites for hydroxylation is 3. The first-order valence-electron chi connectivity index (χ1n) is 9.06. The van der Waals surface area contributed by atoms with Gasteiger partial charge in [0.25, 0.3) is 5.91 Å². The van der Waals surface area contributed by atoms with Crippen molar-refractivity contribution >= 4 is 49.9 Å². The molecule has 6 nitrogen and oxygen atoms in total. The third kappa shape index (κ3) is 3.34. The van der Waals surface area contributed by atoms with Crippen molar-refractivity contribution in [3.63, 3.8) is 0 Å². The fourth-order valence-electron chi connectivity index (χ4n) is 3.49. The minimum atomic E-state index is -0.503. The fourth-order valence-corrected chi connectivity index (χ4v) is 4.66. The van der Waals surface area contributed by atoms with Crippen molar-refractivity contribution in [1.82, 2.24) is 9.97 Å². The summed E-state index contributed by atoms with van der Waals surface area (Å²) < 4.78 is 4.91. The number of amides is 1. The van der Waals surface area contributed by atoms with Crippen molar-refractivity contribution in [3.8, 4) is 0 Å². The molecule has 2 aromatic heterocycles. The normalized spacial score (nSPS) is 11.0. The molecule has 1 N–H and O–H groups in total. The van der Waals surface area contributed by atoms with Crippen LogP contribution in [0.2, 0.25) is 0 Å². The Morgan fingerprint density at radius 3 is 2.41 bits per heavy atom. The van der Waals surface area contributed by atoms with Crippen LogP contribution in [0.5, 0.6) is 0 Å². The zero-order valence-corrected chi connectivity index (χ0v) is 17.3. The average molecular weight is 405 g/mol. The number of fused-ring (bicyclic) bond motifs is 2. The van der Waals surface area contributed by atoms with Crippen molar-refractivity contribution in [2.45, 2.75) is 20.8 Å². The van der Waals surface area contributed by atoms with E-state index in [9.17, 15) is 9.59 Å². The van der Waals surface area contributed by atoms with Crippen LogP contribution in [-0.4, -0.2) is 29.0 Å². The standard InChI is InChI=1S/C22H19N3O3S/c1-11-18-12(2)23-13(3)24-21(18)29-19(11)20(26)25-17-10-15-8-6-5-7-14(15)9-16(17)22(27)28-4/h5-10H,1-4H3,(H,25,26). The van der Waals surface area contributed by atoms with Crippen molar-refractivity contribution in [3.05, 3.63) is 63.9 Å². The van der Waals surface area contributed by atoms with Crippen LogP contribution in [0.15, 0.2) is 36.4 Å². The maximum Gasteiger partial charge on any atom is 0.339 e. The molecule has 0 radical (unpaired) electrons. The molecule has 4 aromatic rings. The molecule has 0 spiro atoms. The first-order chi connectivity index (χ1) is 13.9. The molecule has 0 saturated heterocycles. The zero-order chi connectivity index (χ0) is 20.7. The summed E-state index contributed by atoms with van der Waals surface area (Å²) in [5.41, 5.74) is 2.41. The van der Waals surface area contributed by atoms with Crippen LogP contribution < -0.4 is 5.32 Å². The summed E-state index contributed by atoms with van der Waals surface area (Å²) in [6.45, 7) is 5.64. The number of rotatable bonds is 3. The van der Waals surface area contributed by atoms with Gasteiger partial charge in [-0.05, 0) is 49.2 Å². The Morgan fingerprint density at radius 1 is 1.03 bits per heavy atom. The molecule has 0 bridgehead atoms. The van der Waals surface area contributed by atoms with Gasteiger partial charge in [0.05, 0.1) is 23.2 Å². The minimum absolute atomic E-state index is 0.289. The van der Waals surface area contributed by atoms with Crippen LogP contribution in [0, 0.1) is 20.8 Å². The van der Waals surface area contributed by atoms with Crippen molar-refractivity contribution in [2.24, 2.45) is 0 Å². The number of hydrogen-bond acceptors (Lipinski definition) is 6. The van der Waals surface area contributed by atoms with E-state index in [4.69, 9.17) is 4.74 Å². The molecule has 29 heavy (non-hydrogen) atoms. The summed E-state index contributed by atoms with van der Waals surface area (Å²) in [4.78, 5) is 35.6. The van der Waals surface area contributed by atoms with Gasteiger partial charge in [-0.2, -0.15) is 0 Å². The van der Waals surface area contributed by atoms with Gasteiger partial charge in [0.2, 0.25) is 0 Å². The molecular formula is C22H19N3O3S. The van der Waals surface area contributed by atoms with Gasteiger partial charge < -0.3 is 10.1 Å². The Bertz CT molecular complexity index is 1290. The molecule has 0 unspecified atom stereocenters. The largest absolute Gasteiger partial charge is 0.465 e. The number of benzene rings is 2. The summed E-state index contributed by atoms with van der Waals surface area (Å²) in [6, 6.07) is 11.2. The molecule has 146 valence electrons. The van der Waals surface area contributed by atoms with Gasteiger partial charge in [0.1, 0.15) is 10.7 Å². The van der Waals surface area contributed by atoms with Crippen molar-refractivity contribution in [2.75, 3.05) is 12.4 Å². The molecule has 0 aliphatic heterocycles. The summed E-state index contributed by atoms with van der Waals surface area (Å²) in [7, 11) is 1.32. The van der Waals surface area contributed by atoms with Crippen molar-refractivity contribution < 1.29 is 14.3 Å². The van der Waals surface area contributed by atoms with E-state index in [0.29, 0.717) is 22.0 Å². The Labute approximate surface area is 171 Å². The van der Waals surface area contributed by atoms with Crippen LogP contribution >= 0.6 is 11.3 Å². The lowest BCUT2D eigenvalue weighted by Gasteiger charge is -2.11. The Hall–Kier alpha value is -3.32. The highest BCUT2D eigenvalue weighted by Crippen LogP contribution is 2.32. The first kappa shape index (κ1) is 19.0. The number of nitrogens with one attached hydrogen (secondary N) is 1. The highest BCUT2D eigenvalue weighted by Gasteiger charge is 2.21. The maximum atomic E-state index is 13.1. The predicted octanol–water partition coefficient (Wildman–Crippen LogP) is 4.81. The van der Waals surface area contributed by atoms with Crippen LogP contribution in [-0.2, 0) is 4.74 Å². The topological polar surface area (TPSA) is 81.2 Å². The summed E-state index contributed by atoms with van der Waals surface area (Å²) in [6.07, 6.45) is 0. The molecule has 1 amide bonds.